The second-order valence-corrected chi connectivity index (χ2v) is 10.2. The van der Waals surface area contributed by atoms with Crippen molar-refractivity contribution in [2.24, 2.45) is 11.8 Å². The van der Waals surface area contributed by atoms with E-state index in [0.29, 0.717) is 43.7 Å². The summed E-state index contributed by atoms with van der Waals surface area (Å²) in [5.74, 6) is -2.23. The normalized spacial score (nSPS) is 29.4. The van der Waals surface area contributed by atoms with Gasteiger partial charge in [-0.15, -0.1) is 0 Å². The first-order valence-corrected chi connectivity index (χ1v) is 11.8. The summed E-state index contributed by atoms with van der Waals surface area (Å²) in [6.45, 7) is 5.11. The molecule has 4 unspecified atom stereocenters. The van der Waals surface area contributed by atoms with Crippen LogP contribution in [0.4, 0.5) is 24.5 Å². The van der Waals surface area contributed by atoms with Gasteiger partial charge in [-0.05, 0) is 56.3 Å². The van der Waals surface area contributed by atoms with Gasteiger partial charge < -0.3 is 15.2 Å². The number of amides is 2. The number of nitrogen functional groups attached to an aromatic ring is 1. The molecule has 0 radical (unpaired) electrons. The van der Waals surface area contributed by atoms with Crippen molar-refractivity contribution in [3.05, 3.63) is 53.6 Å². The molecular weight excluding hydrogens is 489 g/mol. The van der Waals surface area contributed by atoms with Gasteiger partial charge in [-0.2, -0.15) is 18.4 Å². The maximum Gasteiger partial charge on any atom is 0.417 e. The number of halogens is 3. The van der Waals surface area contributed by atoms with Gasteiger partial charge in [-0.1, -0.05) is 0 Å². The van der Waals surface area contributed by atoms with E-state index in [2.05, 4.69) is 4.90 Å². The average Bonchev–Trinajstić information content (AvgIpc) is 3.19. The van der Waals surface area contributed by atoms with E-state index in [9.17, 15) is 22.8 Å². The maximum atomic E-state index is 13.6. The lowest BCUT2D eigenvalue weighted by atomic mass is 9.79. The Bertz CT molecular complexity index is 1270. The number of rotatable bonds is 5. The molecule has 2 aromatic rings. The lowest BCUT2D eigenvalue weighted by Gasteiger charge is -2.45. The third-order valence-corrected chi connectivity index (χ3v) is 7.41. The molecule has 0 aliphatic carbocycles. The first-order chi connectivity index (χ1) is 17.4. The number of morpholine rings is 1. The van der Waals surface area contributed by atoms with Crippen LogP contribution in [0.5, 0.6) is 5.75 Å². The third kappa shape index (κ3) is 4.10. The highest BCUT2D eigenvalue weighted by Gasteiger charge is 2.71. The molecule has 2 aromatic carbocycles. The van der Waals surface area contributed by atoms with Crippen LogP contribution < -0.4 is 15.4 Å². The standard InChI is InChI=1S/C26H25F3N4O4/c1-24-13-32(9-10-36-18-7-4-16(31)5-8-18)14-25(2,37-24)21-20(24)22(34)33(23(21)35)17-6-3-15(12-30)19(11-17)26(27,28)29/h3-8,11,20-21H,9-10,13-14,31H2,1-2H3. The molecule has 3 aliphatic heterocycles. The lowest BCUT2D eigenvalue weighted by molar-refractivity contribution is -0.169. The molecule has 8 nitrogen and oxygen atoms in total. The monoisotopic (exact) mass is 514 g/mol. The van der Waals surface area contributed by atoms with E-state index in [4.69, 9.17) is 20.5 Å². The Morgan fingerprint density at radius 1 is 1.08 bits per heavy atom. The number of nitrogens with zero attached hydrogens (tertiary/aromatic N) is 3. The molecule has 2 N–H and O–H groups in total. The second kappa shape index (κ2) is 8.46. The Labute approximate surface area is 211 Å². The van der Waals surface area contributed by atoms with Gasteiger partial charge in [0.15, 0.2) is 0 Å². The van der Waals surface area contributed by atoms with Gasteiger partial charge >= 0.3 is 6.18 Å². The number of carbonyl (C=O) groups is 2. The van der Waals surface area contributed by atoms with Crippen LogP contribution in [0.15, 0.2) is 42.5 Å². The summed E-state index contributed by atoms with van der Waals surface area (Å²) in [5, 5.41) is 9.08. The number of carbonyl (C=O) groups excluding carboxylic acids is 2. The smallest absolute Gasteiger partial charge is 0.417 e. The summed E-state index contributed by atoms with van der Waals surface area (Å²) >= 11 is 0. The fraction of sp³-hybridized carbons (Fsp3) is 0.423. The zero-order valence-corrected chi connectivity index (χ0v) is 20.2. The highest BCUT2D eigenvalue weighted by atomic mass is 19.4. The van der Waals surface area contributed by atoms with Gasteiger partial charge in [-0.3, -0.25) is 14.5 Å². The van der Waals surface area contributed by atoms with Crippen LogP contribution in [0.3, 0.4) is 0 Å². The molecule has 3 fully saturated rings. The quantitative estimate of drug-likeness (QED) is 0.482. The van der Waals surface area contributed by atoms with Crippen LogP contribution >= 0.6 is 0 Å². The molecule has 2 bridgehead atoms. The Kier molecular flexibility index (Phi) is 5.73. The predicted octanol–water partition coefficient (Wildman–Crippen LogP) is 3.21. The minimum absolute atomic E-state index is 0.199. The van der Waals surface area contributed by atoms with Gasteiger partial charge in [0.2, 0.25) is 11.8 Å². The first-order valence-electron chi connectivity index (χ1n) is 11.8. The van der Waals surface area contributed by atoms with E-state index in [1.54, 1.807) is 38.1 Å². The van der Waals surface area contributed by atoms with Crippen molar-refractivity contribution in [2.75, 3.05) is 36.9 Å². The Balaban J connectivity index is 1.37. The highest BCUT2D eigenvalue weighted by molar-refractivity contribution is 6.23. The number of nitrogens with two attached hydrogens (primary N) is 1. The number of ether oxygens (including phenoxy) is 2. The molecule has 194 valence electrons. The number of hydrogen-bond donors (Lipinski definition) is 1. The van der Waals surface area contributed by atoms with Crippen molar-refractivity contribution in [1.82, 2.24) is 4.90 Å². The number of nitriles is 1. The van der Waals surface area contributed by atoms with Crippen molar-refractivity contribution in [1.29, 1.82) is 5.26 Å². The number of fused-ring (bicyclic) bond motifs is 5. The maximum absolute atomic E-state index is 13.6. The number of benzene rings is 2. The van der Waals surface area contributed by atoms with E-state index >= 15 is 0 Å². The molecule has 4 atom stereocenters. The molecule has 37 heavy (non-hydrogen) atoms. The van der Waals surface area contributed by atoms with E-state index in [1.807, 2.05) is 0 Å². The number of hydrogen-bond acceptors (Lipinski definition) is 7. The van der Waals surface area contributed by atoms with Crippen LogP contribution in [0, 0.1) is 23.2 Å². The molecule has 3 heterocycles. The number of likely N-dealkylation sites (tertiary alicyclic amines) is 1. The number of imide groups is 1. The Hall–Kier alpha value is -3.62. The lowest BCUT2D eigenvalue weighted by Crippen LogP contribution is -2.58. The van der Waals surface area contributed by atoms with Gasteiger partial charge in [0.25, 0.3) is 0 Å². The molecule has 5 rings (SSSR count). The van der Waals surface area contributed by atoms with Crippen LogP contribution in [-0.4, -0.2) is 54.2 Å². The van der Waals surface area contributed by atoms with E-state index < -0.39 is 52.2 Å². The summed E-state index contributed by atoms with van der Waals surface area (Å²) < 4.78 is 52.7. The molecule has 11 heteroatoms. The fourth-order valence-corrected chi connectivity index (χ4v) is 6.04. The van der Waals surface area contributed by atoms with Crippen LogP contribution in [0.1, 0.15) is 25.0 Å². The van der Waals surface area contributed by atoms with E-state index in [-0.39, 0.29) is 5.69 Å². The van der Waals surface area contributed by atoms with Gasteiger partial charge in [-0.25, -0.2) is 4.90 Å². The van der Waals surface area contributed by atoms with Crippen molar-refractivity contribution in [3.8, 4) is 11.8 Å². The van der Waals surface area contributed by atoms with Gasteiger partial charge in [0.05, 0.1) is 45.9 Å². The molecule has 3 aliphatic rings. The Morgan fingerprint density at radius 2 is 1.68 bits per heavy atom. The van der Waals surface area contributed by atoms with Gasteiger partial charge in [0.1, 0.15) is 12.4 Å². The van der Waals surface area contributed by atoms with Crippen molar-refractivity contribution < 1.29 is 32.2 Å². The van der Waals surface area contributed by atoms with E-state index in [1.165, 1.54) is 12.1 Å². The minimum Gasteiger partial charge on any atom is -0.492 e. The molecule has 0 saturated carbocycles. The van der Waals surface area contributed by atoms with Crippen LogP contribution in [0.25, 0.3) is 0 Å². The molecule has 0 aromatic heterocycles. The zero-order valence-electron chi connectivity index (χ0n) is 20.2. The summed E-state index contributed by atoms with van der Waals surface area (Å²) in [4.78, 5) is 30.0. The van der Waals surface area contributed by atoms with Crippen LogP contribution in [0.2, 0.25) is 0 Å². The molecular formula is C26H25F3N4O4. The topological polar surface area (TPSA) is 109 Å². The van der Waals surface area contributed by atoms with Crippen molar-refractivity contribution in [3.63, 3.8) is 0 Å². The number of anilines is 2. The first kappa shape index (κ1) is 25.0. The highest BCUT2D eigenvalue weighted by Crippen LogP contribution is 2.55. The Morgan fingerprint density at radius 3 is 2.22 bits per heavy atom. The summed E-state index contributed by atoms with van der Waals surface area (Å²) in [6, 6.07) is 11.4. The van der Waals surface area contributed by atoms with Crippen molar-refractivity contribution >= 4 is 23.2 Å². The molecule has 0 spiro atoms. The molecule has 2 amide bonds. The van der Waals surface area contributed by atoms with Crippen LogP contribution in [-0.2, 0) is 20.5 Å². The van der Waals surface area contributed by atoms with E-state index in [0.717, 1.165) is 11.0 Å². The average molecular weight is 515 g/mol. The largest absolute Gasteiger partial charge is 0.492 e. The fourth-order valence-electron chi connectivity index (χ4n) is 6.04. The number of alkyl halides is 3. The molecule has 3 saturated heterocycles. The SMILES string of the molecule is CC12CN(CCOc3ccc(N)cc3)CC(C)(O1)C1C(=O)N(c3ccc(C#N)c(C(F)(F)F)c3)C(=O)C12. The summed E-state index contributed by atoms with van der Waals surface area (Å²) in [5.41, 5.74) is 2.33. The second-order valence-electron chi connectivity index (χ2n) is 10.2. The predicted molar refractivity (Wildman–Crippen MR) is 126 cm³/mol. The third-order valence-electron chi connectivity index (χ3n) is 7.41. The minimum atomic E-state index is -4.81. The summed E-state index contributed by atoms with van der Waals surface area (Å²) in [7, 11) is 0. The van der Waals surface area contributed by atoms with Gasteiger partial charge in [0, 0.05) is 25.3 Å². The zero-order chi connectivity index (χ0) is 26.8. The van der Waals surface area contributed by atoms with Crippen molar-refractivity contribution in [2.45, 2.75) is 31.2 Å². The summed E-state index contributed by atoms with van der Waals surface area (Å²) in [6.07, 6.45) is -4.81.